The van der Waals surface area contributed by atoms with Gasteiger partial charge in [0.1, 0.15) is 11.8 Å². The third kappa shape index (κ3) is 2.80. The van der Waals surface area contributed by atoms with Crippen molar-refractivity contribution in [1.82, 2.24) is 4.98 Å². The molecule has 3 heterocycles. The Morgan fingerprint density at radius 3 is 2.79 bits per heavy atom. The zero-order chi connectivity index (χ0) is 13.1. The second kappa shape index (κ2) is 5.47. The Bertz CT molecular complexity index is 637. The van der Waals surface area contributed by atoms with Crippen LogP contribution in [0.4, 0.5) is 5.69 Å². The average molecular weight is 291 g/mol. The molecular weight excluding hydrogens is 280 g/mol. The summed E-state index contributed by atoms with van der Waals surface area (Å²) in [5.41, 5.74) is 0.938. The Morgan fingerprint density at radius 1 is 1.21 bits per heavy atom. The van der Waals surface area contributed by atoms with Crippen LogP contribution in [-0.4, -0.2) is 4.98 Å². The molecule has 0 spiro atoms. The van der Waals surface area contributed by atoms with Gasteiger partial charge in [-0.25, -0.2) is 0 Å². The maximum Gasteiger partial charge on any atom is 0.131 e. The second-order valence-corrected chi connectivity index (χ2v) is 5.72. The minimum Gasteiger partial charge on any atom is -0.467 e. The lowest BCUT2D eigenvalue weighted by Gasteiger charge is -2.16. The van der Waals surface area contributed by atoms with E-state index in [1.807, 2.05) is 36.4 Å². The molecule has 1 atom stereocenters. The summed E-state index contributed by atoms with van der Waals surface area (Å²) in [4.78, 5) is 5.20. The number of anilines is 1. The number of hydrogen-bond donors (Lipinski definition) is 1. The van der Waals surface area contributed by atoms with Crippen molar-refractivity contribution < 1.29 is 4.42 Å². The third-order valence-electron chi connectivity index (χ3n) is 2.68. The van der Waals surface area contributed by atoms with Gasteiger partial charge in [0, 0.05) is 17.3 Å². The van der Waals surface area contributed by atoms with E-state index in [1.165, 1.54) is 11.3 Å². The normalized spacial score (nSPS) is 12.3. The van der Waals surface area contributed by atoms with Crippen molar-refractivity contribution in [2.45, 2.75) is 6.04 Å². The fourth-order valence-corrected chi connectivity index (χ4v) is 2.96. The molecule has 19 heavy (non-hydrogen) atoms. The number of nitrogens with zero attached hydrogens (tertiary/aromatic N) is 1. The standard InChI is InChI=1S/C14H11ClN2OS/c15-13-6-5-12(19-13)14(11-4-2-8-18-11)17-10-3-1-7-16-9-10/h1-9,14,17H. The predicted molar refractivity (Wildman–Crippen MR) is 77.7 cm³/mol. The van der Waals surface area contributed by atoms with E-state index < -0.39 is 0 Å². The zero-order valence-electron chi connectivity index (χ0n) is 9.92. The fraction of sp³-hybridized carbons (Fsp3) is 0.0714. The molecule has 96 valence electrons. The fourth-order valence-electron chi connectivity index (χ4n) is 1.84. The molecule has 3 rings (SSSR count). The van der Waals surface area contributed by atoms with E-state index >= 15 is 0 Å². The van der Waals surface area contributed by atoms with Crippen LogP contribution in [0.1, 0.15) is 16.7 Å². The third-order valence-corrected chi connectivity index (χ3v) is 3.97. The summed E-state index contributed by atoms with van der Waals surface area (Å²) in [6.45, 7) is 0. The molecule has 1 N–H and O–H groups in total. The number of nitrogens with one attached hydrogen (secondary N) is 1. The minimum absolute atomic E-state index is 0.0586. The van der Waals surface area contributed by atoms with Gasteiger partial charge in [-0.05, 0) is 36.4 Å². The number of halogens is 1. The Morgan fingerprint density at radius 2 is 2.16 bits per heavy atom. The number of thiophene rings is 1. The highest BCUT2D eigenvalue weighted by Crippen LogP contribution is 2.33. The smallest absolute Gasteiger partial charge is 0.131 e. The molecule has 0 saturated carbocycles. The van der Waals surface area contributed by atoms with Gasteiger partial charge in [-0.15, -0.1) is 11.3 Å². The Balaban J connectivity index is 1.93. The van der Waals surface area contributed by atoms with Gasteiger partial charge < -0.3 is 9.73 Å². The highest BCUT2D eigenvalue weighted by atomic mass is 35.5. The molecule has 0 amide bonds. The summed E-state index contributed by atoms with van der Waals surface area (Å²) < 4.78 is 6.28. The van der Waals surface area contributed by atoms with Gasteiger partial charge in [0.25, 0.3) is 0 Å². The van der Waals surface area contributed by atoms with Crippen LogP contribution >= 0.6 is 22.9 Å². The van der Waals surface area contributed by atoms with E-state index in [0.29, 0.717) is 0 Å². The highest BCUT2D eigenvalue weighted by Gasteiger charge is 2.18. The molecule has 0 radical (unpaired) electrons. The highest BCUT2D eigenvalue weighted by molar-refractivity contribution is 7.16. The first-order chi connectivity index (χ1) is 9.33. The molecule has 3 nitrogen and oxygen atoms in total. The average Bonchev–Trinajstić information content (AvgIpc) is 3.09. The van der Waals surface area contributed by atoms with E-state index in [9.17, 15) is 0 Å². The number of pyridine rings is 1. The van der Waals surface area contributed by atoms with Crippen molar-refractivity contribution in [3.05, 3.63) is 70.0 Å². The largest absolute Gasteiger partial charge is 0.467 e. The summed E-state index contributed by atoms with van der Waals surface area (Å²) >= 11 is 7.55. The maximum absolute atomic E-state index is 6.02. The van der Waals surface area contributed by atoms with Crippen LogP contribution in [0.5, 0.6) is 0 Å². The quantitative estimate of drug-likeness (QED) is 0.763. The Kier molecular flexibility index (Phi) is 3.53. The summed E-state index contributed by atoms with van der Waals surface area (Å²) in [5, 5.41) is 3.41. The second-order valence-electron chi connectivity index (χ2n) is 3.98. The molecule has 0 aliphatic carbocycles. The van der Waals surface area contributed by atoms with Crippen LogP contribution in [0.15, 0.2) is 59.5 Å². The van der Waals surface area contributed by atoms with E-state index in [4.69, 9.17) is 16.0 Å². The van der Waals surface area contributed by atoms with Crippen molar-refractivity contribution in [2.75, 3.05) is 5.32 Å². The molecule has 0 aliphatic rings. The van der Waals surface area contributed by atoms with Crippen molar-refractivity contribution in [2.24, 2.45) is 0 Å². The van der Waals surface area contributed by atoms with Crippen LogP contribution in [0, 0.1) is 0 Å². The van der Waals surface area contributed by atoms with Crippen LogP contribution in [0.25, 0.3) is 0 Å². The Hall–Kier alpha value is -1.78. The van der Waals surface area contributed by atoms with E-state index in [0.717, 1.165) is 20.7 Å². The van der Waals surface area contributed by atoms with Gasteiger partial charge >= 0.3 is 0 Å². The van der Waals surface area contributed by atoms with Gasteiger partial charge in [-0.2, -0.15) is 0 Å². The lowest BCUT2D eigenvalue weighted by Crippen LogP contribution is -2.10. The predicted octanol–water partition coefficient (Wildman–Crippen LogP) is 4.59. The van der Waals surface area contributed by atoms with Crippen LogP contribution in [-0.2, 0) is 0 Å². The van der Waals surface area contributed by atoms with Crippen molar-refractivity contribution in [1.29, 1.82) is 0 Å². The Labute approximate surface area is 119 Å². The molecule has 1 unspecified atom stereocenters. The van der Waals surface area contributed by atoms with Crippen molar-refractivity contribution in [3.63, 3.8) is 0 Å². The topological polar surface area (TPSA) is 38.1 Å². The van der Waals surface area contributed by atoms with Crippen LogP contribution < -0.4 is 5.32 Å². The first-order valence-electron chi connectivity index (χ1n) is 5.78. The number of rotatable bonds is 4. The van der Waals surface area contributed by atoms with E-state index in [1.54, 1.807) is 18.7 Å². The van der Waals surface area contributed by atoms with Crippen molar-refractivity contribution >= 4 is 28.6 Å². The molecule has 0 saturated heterocycles. The molecule has 0 aliphatic heterocycles. The molecular formula is C14H11ClN2OS. The van der Waals surface area contributed by atoms with Crippen LogP contribution in [0.2, 0.25) is 4.34 Å². The molecule has 0 bridgehead atoms. The molecule has 3 aromatic rings. The van der Waals surface area contributed by atoms with Gasteiger partial charge in [0.2, 0.25) is 0 Å². The summed E-state index contributed by atoms with van der Waals surface area (Å²) in [6, 6.07) is 11.5. The van der Waals surface area contributed by atoms with Gasteiger partial charge in [0.15, 0.2) is 0 Å². The lowest BCUT2D eigenvalue weighted by atomic mass is 10.2. The summed E-state index contributed by atoms with van der Waals surface area (Å²) in [6.07, 6.45) is 5.20. The number of hydrogen-bond acceptors (Lipinski definition) is 4. The lowest BCUT2D eigenvalue weighted by molar-refractivity contribution is 0.501. The number of furan rings is 1. The SMILES string of the molecule is Clc1ccc(C(Nc2cccnc2)c2ccco2)s1. The minimum atomic E-state index is -0.0586. The monoisotopic (exact) mass is 290 g/mol. The van der Waals surface area contributed by atoms with Gasteiger partial charge in [-0.3, -0.25) is 4.98 Å². The first kappa shape index (κ1) is 12.3. The summed E-state index contributed by atoms with van der Waals surface area (Å²) in [5.74, 6) is 0.849. The summed E-state index contributed by atoms with van der Waals surface area (Å²) in [7, 11) is 0. The van der Waals surface area contributed by atoms with Crippen molar-refractivity contribution in [3.8, 4) is 0 Å². The zero-order valence-corrected chi connectivity index (χ0v) is 11.5. The van der Waals surface area contributed by atoms with Gasteiger partial charge in [0.05, 0.1) is 16.3 Å². The first-order valence-corrected chi connectivity index (χ1v) is 6.97. The van der Waals surface area contributed by atoms with Crippen LogP contribution in [0.3, 0.4) is 0 Å². The number of aromatic nitrogens is 1. The maximum atomic E-state index is 6.02. The van der Waals surface area contributed by atoms with E-state index in [2.05, 4.69) is 10.3 Å². The molecule has 3 aromatic heterocycles. The molecule has 0 fully saturated rings. The van der Waals surface area contributed by atoms with E-state index in [-0.39, 0.29) is 6.04 Å². The van der Waals surface area contributed by atoms with Gasteiger partial charge in [-0.1, -0.05) is 11.6 Å². The molecule has 5 heteroatoms. The molecule has 0 aromatic carbocycles.